The van der Waals surface area contributed by atoms with Gasteiger partial charge in [0.2, 0.25) is 11.8 Å². The van der Waals surface area contributed by atoms with Crippen molar-refractivity contribution in [1.82, 2.24) is 9.80 Å². The second-order valence-electron chi connectivity index (χ2n) is 4.93. The van der Waals surface area contributed by atoms with Crippen LogP contribution in [0.3, 0.4) is 0 Å². The van der Waals surface area contributed by atoms with Crippen molar-refractivity contribution in [3.05, 3.63) is 0 Å². The molecule has 2 saturated heterocycles. The lowest BCUT2D eigenvalue weighted by atomic mass is 10.1. The first-order valence-corrected chi connectivity index (χ1v) is 6.37. The largest absolute Gasteiger partial charge is 0.396 e. The van der Waals surface area contributed by atoms with Crippen LogP contribution in [-0.2, 0) is 9.59 Å². The number of likely N-dealkylation sites (tertiary alicyclic amines) is 2. The minimum absolute atomic E-state index is 0.0578. The Morgan fingerprint density at radius 2 is 2.06 bits per heavy atom. The number of nitrogens with zero attached hydrogens (tertiary/aromatic N) is 2. The normalized spacial score (nSPS) is 24.8. The van der Waals surface area contributed by atoms with Crippen molar-refractivity contribution in [3.63, 3.8) is 0 Å². The summed E-state index contributed by atoms with van der Waals surface area (Å²) in [5.74, 6) is 0.283. The molecule has 0 aromatic rings. The van der Waals surface area contributed by atoms with Gasteiger partial charge in [-0.15, -0.1) is 0 Å². The Kier molecular flexibility index (Phi) is 3.99. The second-order valence-corrected chi connectivity index (χ2v) is 4.93. The van der Waals surface area contributed by atoms with Crippen LogP contribution in [0, 0.1) is 5.92 Å². The predicted octanol–water partition coefficient (Wildman–Crippen LogP) is -0.160. The summed E-state index contributed by atoms with van der Waals surface area (Å²) in [6.45, 7) is 2.90. The van der Waals surface area contributed by atoms with Crippen LogP contribution in [0.2, 0.25) is 0 Å². The van der Waals surface area contributed by atoms with Crippen molar-refractivity contribution in [3.8, 4) is 0 Å². The fourth-order valence-electron chi connectivity index (χ4n) is 2.55. The number of aliphatic hydroxyl groups excluding tert-OH is 1. The van der Waals surface area contributed by atoms with Gasteiger partial charge in [0.25, 0.3) is 0 Å². The highest BCUT2D eigenvalue weighted by molar-refractivity contribution is 5.80. The van der Waals surface area contributed by atoms with Crippen LogP contribution in [0.25, 0.3) is 0 Å². The fourth-order valence-corrected chi connectivity index (χ4v) is 2.55. The minimum Gasteiger partial charge on any atom is -0.396 e. The Bertz CT molecular complexity index is 300. The zero-order chi connectivity index (χ0) is 12.3. The average Bonchev–Trinajstić information content (AvgIpc) is 2.95. The molecule has 2 aliphatic rings. The molecule has 0 radical (unpaired) electrons. The van der Waals surface area contributed by atoms with Crippen molar-refractivity contribution >= 4 is 11.8 Å². The molecule has 0 saturated carbocycles. The van der Waals surface area contributed by atoms with E-state index in [1.807, 2.05) is 4.90 Å². The summed E-state index contributed by atoms with van der Waals surface area (Å²) in [7, 11) is 0. The van der Waals surface area contributed by atoms with Crippen molar-refractivity contribution < 1.29 is 14.7 Å². The van der Waals surface area contributed by atoms with E-state index < -0.39 is 0 Å². The van der Waals surface area contributed by atoms with E-state index in [0.717, 1.165) is 25.9 Å². The molecular weight excluding hydrogens is 220 g/mol. The lowest BCUT2D eigenvalue weighted by Gasteiger charge is -2.19. The van der Waals surface area contributed by atoms with Gasteiger partial charge in [-0.05, 0) is 12.8 Å². The Hall–Kier alpha value is -1.10. The molecule has 5 nitrogen and oxygen atoms in total. The molecule has 1 atom stereocenters. The molecule has 2 amide bonds. The van der Waals surface area contributed by atoms with Crippen LogP contribution in [-0.4, -0.2) is 59.5 Å². The molecule has 0 aromatic heterocycles. The van der Waals surface area contributed by atoms with Crippen LogP contribution in [0.15, 0.2) is 0 Å². The molecule has 1 N–H and O–H groups in total. The van der Waals surface area contributed by atoms with Crippen molar-refractivity contribution in [1.29, 1.82) is 0 Å². The highest BCUT2D eigenvalue weighted by atomic mass is 16.3. The Morgan fingerprint density at radius 1 is 1.35 bits per heavy atom. The summed E-state index contributed by atoms with van der Waals surface area (Å²) in [4.78, 5) is 26.9. The number of hydrogen-bond acceptors (Lipinski definition) is 3. The zero-order valence-corrected chi connectivity index (χ0v) is 10.1. The van der Waals surface area contributed by atoms with Crippen molar-refractivity contribution in [2.45, 2.75) is 25.7 Å². The maximum atomic E-state index is 11.8. The molecule has 0 spiro atoms. The van der Waals surface area contributed by atoms with E-state index in [1.54, 1.807) is 4.90 Å². The molecule has 2 aliphatic heterocycles. The van der Waals surface area contributed by atoms with Crippen LogP contribution in [0.4, 0.5) is 0 Å². The molecular formula is C12H20N2O3. The smallest absolute Gasteiger partial charge is 0.224 e. The topological polar surface area (TPSA) is 60.9 Å². The molecule has 0 bridgehead atoms. The maximum Gasteiger partial charge on any atom is 0.224 e. The molecule has 1 unspecified atom stereocenters. The third kappa shape index (κ3) is 2.97. The lowest BCUT2D eigenvalue weighted by molar-refractivity contribution is -0.132. The van der Waals surface area contributed by atoms with Gasteiger partial charge in [-0.1, -0.05) is 0 Å². The van der Waals surface area contributed by atoms with Crippen molar-refractivity contribution in [2.24, 2.45) is 5.92 Å². The first kappa shape index (κ1) is 12.4. The zero-order valence-electron chi connectivity index (χ0n) is 10.1. The van der Waals surface area contributed by atoms with E-state index in [-0.39, 0.29) is 24.3 Å². The summed E-state index contributed by atoms with van der Waals surface area (Å²) >= 11 is 0. The van der Waals surface area contributed by atoms with Gasteiger partial charge >= 0.3 is 0 Å². The molecule has 5 heteroatoms. The van der Waals surface area contributed by atoms with E-state index in [1.165, 1.54) is 0 Å². The average molecular weight is 240 g/mol. The van der Waals surface area contributed by atoms with E-state index in [0.29, 0.717) is 25.9 Å². The third-order valence-electron chi connectivity index (χ3n) is 3.61. The highest BCUT2D eigenvalue weighted by Crippen LogP contribution is 2.17. The van der Waals surface area contributed by atoms with E-state index in [2.05, 4.69) is 0 Å². The van der Waals surface area contributed by atoms with E-state index in [9.17, 15) is 9.59 Å². The molecule has 2 heterocycles. The molecule has 2 fully saturated rings. The Labute approximate surface area is 101 Å². The van der Waals surface area contributed by atoms with E-state index in [4.69, 9.17) is 5.11 Å². The van der Waals surface area contributed by atoms with Crippen LogP contribution in [0.1, 0.15) is 25.7 Å². The number of hydrogen-bond donors (Lipinski definition) is 1. The number of amides is 2. The minimum atomic E-state index is 0.0578. The van der Waals surface area contributed by atoms with Gasteiger partial charge in [0, 0.05) is 51.5 Å². The first-order valence-electron chi connectivity index (χ1n) is 6.37. The van der Waals surface area contributed by atoms with E-state index >= 15 is 0 Å². The van der Waals surface area contributed by atoms with Gasteiger partial charge in [0.15, 0.2) is 0 Å². The third-order valence-corrected chi connectivity index (χ3v) is 3.61. The van der Waals surface area contributed by atoms with Crippen LogP contribution >= 0.6 is 0 Å². The highest BCUT2D eigenvalue weighted by Gasteiger charge is 2.29. The number of rotatable bonds is 4. The van der Waals surface area contributed by atoms with Gasteiger partial charge in [-0.3, -0.25) is 9.59 Å². The summed E-state index contributed by atoms with van der Waals surface area (Å²) < 4.78 is 0. The lowest BCUT2D eigenvalue weighted by Crippen LogP contribution is -2.33. The van der Waals surface area contributed by atoms with Gasteiger partial charge in [0.05, 0.1) is 0 Å². The number of carbonyl (C=O) groups is 2. The summed E-state index contributed by atoms with van der Waals surface area (Å²) in [6.07, 6.45) is 3.04. The Morgan fingerprint density at radius 3 is 2.65 bits per heavy atom. The molecule has 0 aliphatic carbocycles. The number of aliphatic hydroxyl groups is 1. The van der Waals surface area contributed by atoms with Crippen LogP contribution < -0.4 is 0 Å². The molecule has 96 valence electrons. The maximum absolute atomic E-state index is 11.8. The standard InChI is InChI=1S/C12H20N2O3/c15-9-10-7-12(17)14(8-10)6-3-11(16)13-4-1-2-5-13/h10,15H,1-9H2. The summed E-state index contributed by atoms with van der Waals surface area (Å²) in [6, 6.07) is 0. The molecule has 17 heavy (non-hydrogen) atoms. The summed E-state index contributed by atoms with van der Waals surface area (Å²) in [5, 5.41) is 9.00. The van der Waals surface area contributed by atoms with Gasteiger partial charge in [-0.2, -0.15) is 0 Å². The molecule has 2 rings (SSSR count). The SMILES string of the molecule is O=C(CCN1CC(CO)CC1=O)N1CCCC1. The van der Waals surface area contributed by atoms with Gasteiger partial charge < -0.3 is 14.9 Å². The Balaban J connectivity index is 1.74. The molecule has 0 aromatic carbocycles. The second kappa shape index (κ2) is 5.49. The fraction of sp³-hybridized carbons (Fsp3) is 0.833. The predicted molar refractivity (Wildman–Crippen MR) is 62.2 cm³/mol. The van der Waals surface area contributed by atoms with Crippen LogP contribution in [0.5, 0.6) is 0 Å². The number of carbonyl (C=O) groups excluding carboxylic acids is 2. The quantitative estimate of drug-likeness (QED) is 0.743. The van der Waals surface area contributed by atoms with Gasteiger partial charge in [-0.25, -0.2) is 0 Å². The first-order chi connectivity index (χ1) is 8.20. The van der Waals surface area contributed by atoms with Gasteiger partial charge in [0.1, 0.15) is 0 Å². The monoisotopic (exact) mass is 240 g/mol. The summed E-state index contributed by atoms with van der Waals surface area (Å²) in [5.41, 5.74) is 0. The van der Waals surface area contributed by atoms with Crippen molar-refractivity contribution in [2.75, 3.05) is 32.8 Å².